The number of alkyl halides is 7. The van der Waals surface area contributed by atoms with E-state index in [1.54, 1.807) is 18.2 Å². The first-order chi connectivity index (χ1) is 18.1. The maximum absolute atomic E-state index is 14.6. The smallest absolute Gasteiger partial charge is 0.343 e. The van der Waals surface area contributed by atoms with E-state index in [1.165, 1.54) is 18.2 Å². The fourth-order valence-corrected chi connectivity index (χ4v) is 6.95. The van der Waals surface area contributed by atoms with Crippen LogP contribution >= 0.6 is 0 Å². The van der Waals surface area contributed by atoms with E-state index in [0.29, 0.717) is 24.1 Å². The van der Waals surface area contributed by atoms with Crippen molar-refractivity contribution in [3.05, 3.63) is 89.5 Å². The van der Waals surface area contributed by atoms with E-state index in [9.17, 15) is 43.9 Å². The van der Waals surface area contributed by atoms with Crippen molar-refractivity contribution in [3.63, 3.8) is 0 Å². The van der Waals surface area contributed by atoms with Gasteiger partial charge in [-0.25, -0.2) is 12.8 Å². The van der Waals surface area contributed by atoms with Crippen LogP contribution in [0.15, 0.2) is 77.7 Å². The molecule has 3 aromatic rings. The lowest BCUT2D eigenvalue weighted by molar-refractivity contribution is -0.348. The van der Waals surface area contributed by atoms with Gasteiger partial charge in [0.1, 0.15) is 4.75 Å². The van der Waals surface area contributed by atoms with Crippen LogP contribution in [0.25, 0.3) is 11.1 Å². The van der Waals surface area contributed by atoms with Gasteiger partial charge in [-0.1, -0.05) is 66.2 Å². The number of hydrogen-bond donors (Lipinski definition) is 0. The predicted octanol–water partition coefficient (Wildman–Crippen LogP) is 6.48. The third kappa shape index (κ3) is 4.68. The van der Waals surface area contributed by atoms with Gasteiger partial charge in [0.05, 0.1) is 4.90 Å². The average Bonchev–Trinajstić information content (AvgIpc) is 3.34. The molecule has 0 N–H and O–H groups in total. The van der Waals surface area contributed by atoms with Gasteiger partial charge in [0.25, 0.3) is 0 Å². The Kier molecular flexibility index (Phi) is 7.08. The molecule has 0 radical (unpaired) electrons. The minimum atomic E-state index is -6.31. The Morgan fingerprint density at radius 1 is 0.821 bits per heavy atom. The van der Waals surface area contributed by atoms with E-state index in [-0.39, 0.29) is 23.4 Å². The average molecular weight is 574 g/mol. The fourth-order valence-electron chi connectivity index (χ4n) is 4.82. The first-order valence-electron chi connectivity index (χ1n) is 11.6. The second-order valence-corrected chi connectivity index (χ2v) is 11.7. The fraction of sp³-hybridized carbons (Fsp3) is 0.296. The quantitative estimate of drug-likeness (QED) is 0.251. The highest BCUT2D eigenvalue weighted by atomic mass is 32.2. The standard InChI is InChI=1S/C27H22F7NO3S/c1-18-5-7-19(8-6-18)20-3-2-4-23(15-20)39(37,38)24(13-14-35(16-24)17-36)21-9-11-22(12-10-21)25(28,26(29,30)31)27(32,33)34/h2-12,15,17H,13-14,16H2,1H3. The van der Waals surface area contributed by atoms with Gasteiger partial charge < -0.3 is 4.90 Å². The number of halogens is 7. The van der Waals surface area contributed by atoms with E-state index in [0.717, 1.165) is 28.2 Å². The summed E-state index contributed by atoms with van der Waals surface area (Å²) in [5.74, 6) is 0. The Hall–Kier alpha value is -3.41. The molecule has 208 valence electrons. The highest BCUT2D eigenvalue weighted by Gasteiger charge is 2.73. The van der Waals surface area contributed by atoms with Crippen molar-refractivity contribution in [2.75, 3.05) is 13.1 Å². The number of sulfone groups is 1. The molecule has 0 saturated carbocycles. The van der Waals surface area contributed by atoms with E-state index >= 15 is 0 Å². The van der Waals surface area contributed by atoms with Crippen LogP contribution in [0, 0.1) is 6.92 Å². The molecular weight excluding hydrogens is 551 g/mol. The van der Waals surface area contributed by atoms with E-state index in [2.05, 4.69) is 0 Å². The zero-order valence-electron chi connectivity index (χ0n) is 20.4. The molecule has 0 aromatic heterocycles. The number of nitrogens with zero attached hydrogens (tertiary/aromatic N) is 1. The Morgan fingerprint density at radius 3 is 1.92 bits per heavy atom. The van der Waals surface area contributed by atoms with Gasteiger partial charge in [0.15, 0.2) is 9.84 Å². The SMILES string of the molecule is Cc1ccc(-c2cccc(S(=O)(=O)C3(c4ccc(C(F)(C(F)(F)F)C(F)(F)F)cc4)CCN(C=O)C3)c2)cc1. The number of carbonyl (C=O) groups excluding carboxylic acids is 1. The van der Waals surface area contributed by atoms with Gasteiger partial charge in [0, 0.05) is 18.7 Å². The molecule has 1 saturated heterocycles. The van der Waals surface area contributed by atoms with Crippen molar-refractivity contribution >= 4 is 16.2 Å². The number of amides is 1. The Morgan fingerprint density at radius 2 is 1.41 bits per heavy atom. The van der Waals surface area contributed by atoms with Crippen molar-refractivity contribution in [1.82, 2.24) is 4.90 Å². The topological polar surface area (TPSA) is 54.5 Å². The molecule has 1 unspecified atom stereocenters. The summed E-state index contributed by atoms with van der Waals surface area (Å²) in [6.45, 7) is 1.46. The number of carbonyl (C=O) groups is 1. The second kappa shape index (κ2) is 9.65. The Balaban J connectivity index is 1.84. The number of rotatable bonds is 6. The minimum Gasteiger partial charge on any atom is -0.343 e. The Bertz CT molecular complexity index is 1450. The molecule has 39 heavy (non-hydrogen) atoms. The van der Waals surface area contributed by atoms with Crippen molar-refractivity contribution in [2.45, 2.75) is 41.0 Å². The third-order valence-corrected chi connectivity index (χ3v) is 9.52. The summed E-state index contributed by atoms with van der Waals surface area (Å²) in [5.41, 5.74) is -5.29. The second-order valence-electron chi connectivity index (χ2n) is 9.45. The van der Waals surface area contributed by atoms with Crippen molar-refractivity contribution < 1.29 is 43.9 Å². The summed E-state index contributed by atoms with van der Waals surface area (Å²) in [5, 5.41) is 0. The molecule has 1 fully saturated rings. The zero-order valence-corrected chi connectivity index (χ0v) is 21.2. The highest BCUT2D eigenvalue weighted by Crippen LogP contribution is 2.53. The van der Waals surface area contributed by atoms with Crippen LogP contribution in [0.1, 0.15) is 23.1 Å². The number of hydrogen-bond acceptors (Lipinski definition) is 3. The maximum Gasteiger partial charge on any atom is 0.435 e. The molecule has 4 rings (SSSR count). The van der Waals surface area contributed by atoms with Crippen LogP contribution < -0.4 is 0 Å². The van der Waals surface area contributed by atoms with Gasteiger partial charge >= 0.3 is 18.0 Å². The van der Waals surface area contributed by atoms with Crippen LogP contribution in [0.4, 0.5) is 30.7 Å². The molecule has 1 heterocycles. The number of benzene rings is 3. The summed E-state index contributed by atoms with van der Waals surface area (Å²) < 4.78 is 120. The first kappa shape index (κ1) is 28.6. The maximum atomic E-state index is 14.6. The molecule has 1 atom stereocenters. The molecule has 1 aliphatic rings. The molecule has 3 aromatic carbocycles. The van der Waals surface area contributed by atoms with E-state index in [4.69, 9.17) is 0 Å². The Labute approximate surface area is 220 Å². The molecule has 0 aliphatic carbocycles. The largest absolute Gasteiger partial charge is 0.435 e. The first-order valence-corrected chi connectivity index (χ1v) is 13.1. The molecule has 1 aliphatic heterocycles. The van der Waals surface area contributed by atoms with Crippen LogP contribution in [0.3, 0.4) is 0 Å². The van der Waals surface area contributed by atoms with Crippen molar-refractivity contribution in [1.29, 1.82) is 0 Å². The van der Waals surface area contributed by atoms with E-state index in [1.807, 2.05) is 19.1 Å². The predicted molar refractivity (Wildman–Crippen MR) is 129 cm³/mol. The zero-order chi connectivity index (χ0) is 28.9. The number of likely N-dealkylation sites (tertiary alicyclic amines) is 1. The summed E-state index contributed by atoms with van der Waals surface area (Å²) in [6, 6.07) is 15.3. The van der Waals surface area contributed by atoms with Crippen molar-refractivity contribution in [2.24, 2.45) is 0 Å². The lowest BCUT2D eigenvalue weighted by Crippen LogP contribution is -2.50. The third-order valence-electron chi connectivity index (χ3n) is 7.04. The van der Waals surface area contributed by atoms with Gasteiger partial charge in [-0.2, -0.15) is 26.3 Å². The molecule has 12 heteroatoms. The molecule has 0 spiro atoms. The molecular formula is C27H22F7NO3S. The molecule has 1 amide bonds. The van der Waals surface area contributed by atoms with Gasteiger partial charge in [-0.15, -0.1) is 0 Å². The summed E-state index contributed by atoms with van der Waals surface area (Å²) in [7, 11) is -4.38. The minimum absolute atomic E-state index is 0.0275. The van der Waals surface area contributed by atoms with Gasteiger partial charge in [-0.05, 0) is 42.2 Å². The van der Waals surface area contributed by atoms with Crippen LogP contribution in [0.2, 0.25) is 0 Å². The summed E-state index contributed by atoms with van der Waals surface area (Å²) >= 11 is 0. The summed E-state index contributed by atoms with van der Waals surface area (Å²) in [6.07, 6.45) is -12.4. The molecule has 4 nitrogen and oxygen atoms in total. The van der Waals surface area contributed by atoms with E-state index < -0.39 is 44.7 Å². The lowest BCUT2D eigenvalue weighted by Gasteiger charge is -2.32. The van der Waals surface area contributed by atoms with Gasteiger partial charge in [0.2, 0.25) is 6.41 Å². The van der Waals surface area contributed by atoms with Crippen molar-refractivity contribution in [3.8, 4) is 11.1 Å². The van der Waals surface area contributed by atoms with Crippen LogP contribution in [-0.2, 0) is 25.0 Å². The normalized spacial score (nSPS) is 18.8. The summed E-state index contributed by atoms with van der Waals surface area (Å²) in [4.78, 5) is 12.5. The molecule has 0 bridgehead atoms. The highest BCUT2D eigenvalue weighted by molar-refractivity contribution is 7.92. The number of aryl methyl sites for hydroxylation is 1. The monoisotopic (exact) mass is 573 g/mol. The van der Waals surface area contributed by atoms with Crippen LogP contribution in [0.5, 0.6) is 0 Å². The van der Waals surface area contributed by atoms with Crippen LogP contribution in [-0.4, -0.2) is 45.2 Å². The van der Waals surface area contributed by atoms with Gasteiger partial charge in [-0.3, -0.25) is 4.79 Å². The lowest BCUT2D eigenvalue weighted by atomic mass is 9.90.